The zero-order valence-electron chi connectivity index (χ0n) is 9.94. The maximum absolute atomic E-state index is 11.4. The van der Waals surface area contributed by atoms with E-state index in [2.05, 4.69) is 10.3 Å². The van der Waals surface area contributed by atoms with Gasteiger partial charge in [-0.05, 0) is 12.1 Å². The van der Waals surface area contributed by atoms with Crippen molar-refractivity contribution >= 4 is 38.8 Å². The Balaban J connectivity index is 1.93. The minimum atomic E-state index is -3.69. The standard InChI is InChI=1S/C11H13N3O2S3/c12-19(15,16)10-4-2-1-3-9(10)13-5-7-17-11-14-6-8-18-11/h1-4,6,8,13H,5,7H2,(H2,12,15,16). The summed E-state index contributed by atoms with van der Waals surface area (Å²) in [6.07, 6.45) is 1.76. The number of anilines is 1. The molecule has 8 heteroatoms. The molecule has 0 aliphatic heterocycles. The zero-order chi connectivity index (χ0) is 13.7. The summed E-state index contributed by atoms with van der Waals surface area (Å²) in [5, 5.41) is 10.2. The molecule has 0 saturated heterocycles. The van der Waals surface area contributed by atoms with Crippen molar-refractivity contribution in [1.82, 2.24) is 4.98 Å². The van der Waals surface area contributed by atoms with E-state index in [1.807, 2.05) is 5.38 Å². The van der Waals surface area contributed by atoms with E-state index in [9.17, 15) is 8.42 Å². The first-order valence-corrected chi connectivity index (χ1v) is 8.86. The number of nitrogens with two attached hydrogens (primary N) is 1. The molecule has 0 fully saturated rings. The van der Waals surface area contributed by atoms with Gasteiger partial charge in [-0.15, -0.1) is 11.3 Å². The first kappa shape index (κ1) is 14.3. The SMILES string of the molecule is NS(=O)(=O)c1ccccc1NCCSc1nccs1. The lowest BCUT2D eigenvalue weighted by atomic mass is 10.3. The summed E-state index contributed by atoms with van der Waals surface area (Å²) < 4.78 is 23.8. The first-order valence-electron chi connectivity index (χ1n) is 5.45. The van der Waals surface area contributed by atoms with Gasteiger partial charge in [-0.3, -0.25) is 0 Å². The van der Waals surface area contributed by atoms with E-state index in [-0.39, 0.29) is 4.90 Å². The number of hydrogen-bond acceptors (Lipinski definition) is 6. The Bertz CT molecular complexity index is 626. The monoisotopic (exact) mass is 315 g/mol. The van der Waals surface area contributed by atoms with Crippen molar-refractivity contribution in [2.24, 2.45) is 5.14 Å². The number of benzene rings is 1. The Hall–Kier alpha value is -1.09. The molecular weight excluding hydrogens is 302 g/mol. The lowest BCUT2D eigenvalue weighted by Gasteiger charge is -2.09. The molecule has 0 atom stereocenters. The molecule has 2 rings (SSSR count). The maximum Gasteiger partial charge on any atom is 0.240 e. The van der Waals surface area contributed by atoms with Gasteiger partial charge in [0.1, 0.15) is 9.24 Å². The lowest BCUT2D eigenvalue weighted by molar-refractivity contribution is 0.598. The quantitative estimate of drug-likeness (QED) is 0.629. The molecule has 3 N–H and O–H groups in total. The van der Waals surface area contributed by atoms with E-state index in [0.717, 1.165) is 10.1 Å². The summed E-state index contributed by atoms with van der Waals surface area (Å²) in [4.78, 5) is 4.28. The number of thioether (sulfide) groups is 1. The fourth-order valence-corrected chi connectivity index (χ4v) is 3.74. The predicted octanol–water partition coefficient (Wildman–Crippen LogP) is 1.99. The summed E-state index contributed by atoms with van der Waals surface area (Å²) in [7, 11) is -3.69. The zero-order valence-corrected chi connectivity index (χ0v) is 12.4. The van der Waals surface area contributed by atoms with Crippen molar-refractivity contribution in [3.8, 4) is 0 Å². The van der Waals surface area contributed by atoms with Crippen LogP contribution in [0.4, 0.5) is 5.69 Å². The highest BCUT2D eigenvalue weighted by Crippen LogP contribution is 2.21. The molecule has 5 nitrogen and oxygen atoms in total. The van der Waals surface area contributed by atoms with Crippen LogP contribution in [0.5, 0.6) is 0 Å². The van der Waals surface area contributed by atoms with Gasteiger partial charge in [-0.2, -0.15) is 0 Å². The van der Waals surface area contributed by atoms with Crippen LogP contribution in [0.3, 0.4) is 0 Å². The van der Waals surface area contributed by atoms with Gasteiger partial charge in [0.05, 0.1) is 5.69 Å². The molecular formula is C11H13N3O2S3. The van der Waals surface area contributed by atoms with Gasteiger partial charge >= 0.3 is 0 Å². The van der Waals surface area contributed by atoms with Crippen LogP contribution in [0.25, 0.3) is 0 Å². The molecule has 1 aromatic heterocycles. The summed E-state index contributed by atoms with van der Waals surface area (Å²) in [6, 6.07) is 6.61. The second-order valence-corrected chi connectivity index (χ2v) is 7.38. The molecule has 1 heterocycles. The Labute approximate surface area is 120 Å². The van der Waals surface area contributed by atoms with Gasteiger partial charge in [-0.1, -0.05) is 23.9 Å². The first-order chi connectivity index (χ1) is 9.07. The Kier molecular flexibility index (Phi) is 4.81. The molecule has 0 aliphatic carbocycles. The van der Waals surface area contributed by atoms with Gasteiger partial charge in [-0.25, -0.2) is 18.5 Å². The average molecular weight is 315 g/mol. The highest BCUT2D eigenvalue weighted by Gasteiger charge is 2.12. The van der Waals surface area contributed by atoms with Crippen LogP contribution in [0.2, 0.25) is 0 Å². The van der Waals surface area contributed by atoms with Gasteiger partial charge < -0.3 is 5.32 Å². The van der Waals surface area contributed by atoms with Crippen molar-refractivity contribution in [2.75, 3.05) is 17.6 Å². The number of sulfonamides is 1. The van der Waals surface area contributed by atoms with Crippen LogP contribution in [0, 0.1) is 0 Å². The van der Waals surface area contributed by atoms with Gasteiger partial charge in [0.25, 0.3) is 0 Å². The van der Waals surface area contributed by atoms with E-state index in [0.29, 0.717) is 12.2 Å². The number of hydrogen-bond donors (Lipinski definition) is 2. The van der Waals surface area contributed by atoms with E-state index in [1.165, 1.54) is 6.07 Å². The highest BCUT2D eigenvalue weighted by molar-refractivity contribution is 8.01. The van der Waals surface area contributed by atoms with E-state index >= 15 is 0 Å². The van der Waals surface area contributed by atoms with Crippen LogP contribution in [-0.2, 0) is 10.0 Å². The molecule has 0 saturated carbocycles. The van der Waals surface area contributed by atoms with Crippen molar-refractivity contribution < 1.29 is 8.42 Å². The minimum absolute atomic E-state index is 0.120. The molecule has 0 unspecified atom stereocenters. The molecule has 102 valence electrons. The van der Waals surface area contributed by atoms with Crippen molar-refractivity contribution in [1.29, 1.82) is 0 Å². The largest absolute Gasteiger partial charge is 0.383 e. The molecule has 0 bridgehead atoms. The third-order valence-corrected chi connectivity index (χ3v) is 5.18. The summed E-state index contributed by atoms with van der Waals surface area (Å²) in [5.74, 6) is 0.798. The molecule has 0 amide bonds. The number of primary sulfonamides is 1. The Morgan fingerprint density at radius 1 is 1.37 bits per heavy atom. The average Bonchev–Trinajstić information content (AvgIpc) is 2.87. The number of para-hydroxylation sites is 1. The second-order valence-electron chi connectivity index (χ2n) is 3.61. The number of nitrogens with one attached hydrogen (secondary N) is 1. The second kappa shape index (κ2) is 6.38. The fourth-order valence-electron chi connectivity index (χ4n) is 1.47. The number of rotatable bonds is 6. The van der Waals surface area contributed by atoms with Crippen LogP contribution in [0.1, 0.15) is 0 Å². The van der Waals surface area contributed by atoms with E-state index in [1.54, 1.807) is 47.5 Å². The molecule has 0 radical (unpaired) electrons. The van der Waals surface area contributed by atoms with Crippen molar-refractivity contribution in [3.05, 3.63) is 35.8 Å². The topological polar surface area (TPSA) is 85.1 Å². The highest BCUT2D eigenvalue weighted by atomic mass is 32.2. The third-order valence-electron chi connectivity index (χ3n) is 2.25. The van der Waals surface area contributed by atoms with Crippen LogP contribution in [-0.4, -0.2) is 25.7 Å². The van der Waals surface area contributed by atoms with Crippen molar-refractivity contribution in [2.45, 2.75) is 9.24 Å². The number of aromatic nitrogens is 1. The van der Waals surface area contributed by atoms with Gasteiger partial charge in [0.2, 0.25) is 10.0 Å². The minimum Gasteiger partial charge on any atom is -0.383 e. The fraction of sp³-hybridized carbons (Fsp3) is 0.182. The summed E-state index contributed by atoms with van der Waals surface area (Å²) >= 11 is 3.21. The summed E-state index contributed by atoms with van der Waals surface area (Å²) in [5.41, 5.74) is 0.532. The van der Waals surface area contributed by atoms with Crippen molar-refractivity contribution in [3.63, 3.8) is 0 Å². The Morgan fingerprint density at radius 3 is 2.84 bits per heavy atom. The predicted molar refractivity (Wildman–Crippen MR) is 79.1 cm³/mol. The number of thiazole rings is 1. The van der Waals surface area contributed by atoms with Gasteiger partial charge in [0.15, 0.2) is 0 Å². The van der Waals surface area contributed by atoms with Crippen LogP contribution < -0.4 is 10.5 Å². The number of nitrogens with zero attached hydrogens (tertiary/aromatic N) is 1. The third kappa shape index (κ3) is 4.20. The van der Waals surface area contributed by atoms with E-state index in [4.69, 9.17) is 5.14 Å². The van der Waals surface area contributed by atoms with Gasteiger partial charge in [0, 0.05) is 23.9 Å². The maximum atomic E-state index is 11.4. The summed E-state index contributed by atoms with van der Waals surface area (Å²) in [6.45, 7) is 0.636. The molecule has 1 aromatic carbocycles. The lowest BCUT2D eigenvalue weighted by Crippen LogP contribution is -2.15. The van der Waals surface area contributed by atoms with Crippen LogP contribution >= 0.6 is 23.1 Å². The molecule has 0 aliphatic rings. The molecule has 19 heavy (non-hydrogen) atoms. The molecule has 2 aromatic rings. The van der Waals surface area contributed by atoms with Crippen LogP contribution in [0.15, 0.2) is 45.1 Å². The van der Waals surface area contributed by atoms with E-state index < -0.39 is 10.0 Å². The smallest absolute Gasteiger partial charge is 0.240 e. The molecule has 0 spiro atoms. The normalized spacial score (nSPS) is 11.4. The Morgan fingerprint density at radius 2 is 2.16 bits per heavy atom.